The maximum absolute atomic E-state index is 13.7. The molecule has 9 heteroatoms. The molecule has 6 aromatic rings. The number of amides is 1. The third-order valence-corrected chi connectivity index (χ3v) is 7.11. The molecule has 0 aliphatic carbocycles. The van der Waals surface area contributed by atoms with Crippen LogP contribution in [0.1, 0.15) is 36.1 Å². The van der Waals surface area contributed by atoms with Gasteiger partial charge < -0.3 is 0 Å². The normalized spacial score (nSPS) is 11.4. The van der Waals surface area contributed by atoms with Crippen molar-refractivity contribution in [1.82, 2.24) is 19.6 Å². The average Bonchev–Trinajstić information content (AvgIpc) is 3.67. The van der Waals surface area contributed by atoms with Crippen LogP contribution in [0.5, 0.6) is 0 Å². The Kier molecular flexibility index (Phi) is 7.08. The molecular weight excluding hydrogens is 534 g/mol. The lowest BCUT2D eigenvalue weighted by molar-refractivity contribution is 0.0944. The van der Waals surface area contributed by atoms with Crippen LogP contribution in [-0.2, 0) is 0 Å². The molecule has 0 unspecified atom stereocenters. The van der Waals surface area contributed by atoms with Gasteiger partial charge in [-0.1, -0.05) is 108 Å². The van der Waals surface area contributed by atoms with Crippen molar-refractivity contribution >= 4 is 28.9 Å². The van der Waals surface area contributed by atoms with E-state index in [1.807, 2.05) is 42.5 Å². The van der Waals surface area contributed by atoms with Crippen molar-refractivity contribution in [2.24, 2.45) is 4.99 Å². The van der Waals surface area contributed by atoms with Gasteiger partial charge in [-0.15, -0.1) is 5.10 Å². The van der Waals surface area contributed by atoms with E-state index < -0.39 is 11.8 Å². The first kappa shape index (κ1) is 25.7. The Morgan fingerprint density at radius 1 is 0.634 bits per heavy atom. The van der Waals surface area contributed by atoms with E-state index >= 15 is 0 Å². The second-order valence-corrected chi connectivity index (χ2v) is 9.87. The van der Waals surface area contributed by atoms with Gasteiger partial charge in [0.25, 0.3) is 11.8 Å². The lowest BCUT2D eigenvalue weighted by atomic mass is 10.1. The molecule has 0 saturated heterocycles. The Balaban J connectivity index is 1.57. The van der Waals surface area contributed by atoms with Gasteiger partial charge in [-0.25, -0.2) is 0 Å². The zero-order valence-corrected chi connectivity index (χ0v) is 22.3. The molecule has 2 heterocycles. The molecule has 0 spiro atoms. The molecule has 41 heavy (non-hydrogen) atoms. The Morgan fingerprint density at radius 3 is 1.78 bits per heavy atom. The number of carbonyl (C=O) groups excluding carboxylic acids is 3. The Hall–Kier alpha value is -5.54. The molecule has 198 valence electrons. The number of hydrogen-bond acceptors (Lipinski definition) is 6. The van der Waals surface area contributed by atoms with Crippen LogP contribution >= 0.6 is 11.3 Å². The van der Waals surface area contributed by atoms with Crippen molar-refractivity contribution < 1.29 is 14.4 Å². The van der Waals surface area contributed by atoms with E-state index in [0.717, 1.165) is 16.9 Å². The Labute approximate surface area is 238 Å². The molecule has 0 fully saturated rings. The maximum Gasteiger partial charge on any atom is 0.280 e. The quantitative estimate of drug-likeness (QED) is 0.254. The smallest absolute Gasteiger partial charge is 0.280 e. The summed E-state index contributed by atoms with van der Waals surface area (Å²) in [4.78, 5) is 44.7. The minimum atomic E-state index is -0.509. The minimum absolute atomic E-state index is 0.108. The van der Waals surface area contributed by atoms with Crippen molar-refractivity contribution in [3.8, 4) is 17.1 Å². The molecule has 1 amide bonds. The summed E-state index contributed by atoms with van der Waals surface area (Å²) in [5.74, 6) is -1.01. The topological polar surface area (TPSA) is 99.2 Å². The van der Waals surface area contributed by atoms with Crippen molar-refractivity contribution in [3.63, 3.8) is 0 Å². The summed E-state index contributed by atoms with van der Waals surface area (Å²) in [6, 6.07) is 37.1. The van der Waals surface area contributed by atoms with Crippen LogP contribution in [0.2, 0.25) is 0 Å². The molecule has 0 saturated carbocycles. The highest BCUT2D eigenvalue weighted by Gasteiger charge is 2.23. The average molecular weight is 556 g/mol. The molecule has 2 aromatic heterocycles. The van der Waals surface area contributed by atoms with Crippen molar-refractivity contribution in [1.29, 1.82) is 0 Å². The second-order valence-electron chi connectivity index (χ2n) is 8.92. The number of hydrogen-bond donors (Lipinski definition) is 0. The van der Waals surface area contributed by atoms with Crippen LogP contribution in [0.15, 0.2) is 132 Å². The van der Waals surface area contributed by atoms with Crippen LogP contribution in [0, 0.1) is 0 Å². The van der Waals surface area contributed by atoms with Gasteiger partial charge in [-0.3, -0.25) is 14.4 Å². The number of ketones is 1. The Bertz CT molecular complexity index is 1930. The summed E-state index contributed by atoms with van der Waals surface area (Å²) >= 11 is 0.964. The van der Waals surface area contributed by atoms with Crippen LogP contribution in [-0.4, -0.2) is 37.2 Å². The van der Waals surface area contributed by atoms with Gasteiger partial charge >= 0.3 is 0 Å². The predicted octanol–water partition coefficient (Wildman–Crippen LogP) is 5.46. The second kappa shape index (κ2) is 11.3. The molecule has 0 bridgehead atoms. The van der Waals surface area contributed by atoms with E-state index in [1.165, 1.54) is 9.36 Å². The summed E-state index contributed by atoms with van der Waals surface area (Å²) in [6.45, 7) is 0. The molecule has 0 radical (unpaired) electrons. The first-order valence-electron chi connectivity index (χ1n) is 12.7. The fourth-order valence-electron chi connectivity index (χ4n) is 4.16. The zero-order valence-electron chi connectivity index (χ0n) is 21.5. The van der Waals surface area contributed by atoms with Gasteiger partial charge in [0.15, 0.2) is 10.8 Å². The summed E-state index contributed by atoms with van der Waals surface area (Å²) in [6.07, 6.45) is 0. The highest BCUT2D eigenvalue weighted by Crippen LogP contribution is 2.22. The summed E-state index contributed by atoms with van der Waals surface area (Å²) in [5, 5.41) is 9.31. The number of aromatic nitrogens is 4. The SMILES string of the molecule is O=C(N=c1sc(C(=O)c2ccccc2)nn1-c1cc(-c2ccccc2)nn1C(=O)c1ccccc1)c1ccccc1. The van der Waals surface area contributed by atoms with Crippen LogP contribution in [0.3, 0.4) is 0 Å². The van der Waals surface area contributed by atoms with Gasteiger partial charge in [0.1, 0.15) is 0 Å². The van der Waals surface area contributed by atoms with E-state index in [9.17, 15) is 14.4 Å². The number of carbonyl (C=O) groups is 3. The fourth-order valence-corrected chi connectivity index (χ4v) is 5.02. The van der Waals surface area contributed by atoms with Crippen LogP contribution in [0.4, 0.5) is 0 Å². The van der Waals surface area contributed by atoms with E-state index in [2.05, 4.69) is 15.2 Å². The minimum Gasteiger partial charge on any atom is -0.286 e. The monoisotopic (exact) mass is 555 g/mol. The standard InChI is InChI=1S/C32H21N5O3S/c38-28(23-15-7-2-8-16-23)30-35-37(32(41-30)33-29(39)24-17-9-3-10-18-24)27-21-26(22-13-5-1-6-14-22)34-36(27)31(40)25-19-11-4-12-20-25/h1-21H. The zero-order chi connectivity index (χ0) is 28.2. The lowest BCUT2D eigenvalue weighted by Gasteiger charge is -2.06. The van der Waals surface area contributed by atoms with Gasteiger partial charge in [0, 0.05) is 28.3 Å². The van der Waals surface area contributed by atoms with Crippen molar-refractivity contribution in [2.45, 2.75) is 0 Å². The number of rotatable bonds is 6. The molecule has 0 N–H and O–H groups in total. The van der Waals surface area contributed by atoms with Gasteiger partial charge in [0.05, 0.1) is 5.69 Å². The molecule has 8 nitrogen and oxygen atoms in total. The molecule has 0 aliphatic heterocycles. The highest BCUT2D eigenvalue weighted by atomic mass is 32.1. The maximum atomic E-state index is 13.7. The lowest BCUT2D eigenvalue weighted by Crippen LogP contribution is -2.24. The van der Waals surface area contributed by atoms with Crippen molar-refractivity contribution in [2.75, 3.05) is 0 Å². The van der Waals surface area contributed by atoms with E-state index in [-0.39, 0.29) is 21.4 Å². The molecule has 4 aromatic carbocycles. The van der Waals surface area contributed by atoms with Crippen molar-refractivity contribution in [3.05, 3.63) is 154 Å². The third kappa shape index (κ3) is 5.34. The van der Waals surface area contributed by atoms with Crippen LogP contribution < -0.4 is 4.80 Å². The first-order chi connectivity index (χ1) is 20.1. The van der Waals surface area contributed by atoms with E-state index in [4.69, 9.17) is 0 Å². The third-order valence-electron chi connectivity index (χ3n) is 6.20. The summed E-state index contributed by atoms with van der Waals surface area (Å²) in [5.41, 5.74) is 2.52. The highest BCUT2D eigenvalue weighted by molar-refractivity contribution is 7.11. The molecule has 0 atom stereocenters. The number of nitrogens with zero attached hydrogens (tertiary/aromatic N) is 5. The van der Waals surface area contributed by atoms with Gasteiger partial charge in [0.2, 0.25) is 10.6 Å². The van der Waals surface area contributed by atoms with Gasteiger partial charge in [-0.2, -0.15) is 19.5 Å². The molecule has 0 aliphatic rings. The predicted molar refractivity (Wildman–Crippen MR) is 155 cm³/mol. The van der Waals surface area contributed by atoms with Crippen LogP contribution in [0.25, 0.3) is 17.1 Å². The van der Waals surface area contributed by atoms with E-state index in [1.54, 1.807) is 84.9 Å². The Morgan fingerprint density at radius 2 is 1.17 bits per heavy atom. The van der Waals surface area contributed by atoms with E-state index in [0.29, 0.717) is 22.4 Å². The fraction of sp³-hybridized carbons (Fsp3) is 0. The first-order valence-corrected chi connectivity index (χ1v) is 13.5. The summed E-state index contributed by atoms with van der Waals surface area (Å²) < 4.78 is 2.56. The molecular formula is C32H21N5O3S. The number of benzene rings is 4. The molecule has 6 rings (SSSR count). The largest absolute Gasteiger partial charge is 0.286 e. The van der Waals surface area contributed by atoms with Gasteiger partial charge in [-0.05, 0) is 24.3 Å². The summed E-state index contributed by atoms with van der Waals surface area (Å²) in [7, 11) is 0.